The molecule has 5 nitrogen and oxygen atoms in total. The average Bonchev–Trinajstić information content (AvgIpc) is 2.86. The summed E-state index contributed by atoms with van der Waals surface area (Å²) in [6, 6.07) is 0. The number of methoxy groups -OCH3 is 1. The molecule has 17 heavy (non-hydrogen) atoms. The molecule has 0 amide bonds. The van der Waals surface area contributed by atoms with Crippen molar-refractivity contribution in [2.45, 2.75) is 13.5 Å². The van der Waals surface area contributed by atoms with Gasteiger partial charge in [-0.25, -0.2) is 4.98 Å². The van der Waals surface area contributed by atoms with E-state index in [1.807, 2.05) is 17.8 Å². The van der Waals surface area contributed by atoms with Crippen molar-refractivity contribution in [2.75, 3.05) is 20.2 Å². The summed E-state index contributed by atoms with van der Waals surface area (Å²) in [5.41, 5.74) is 0. The minimum Gasteiger partial charge on any atom is -0.469 e. The fourth-order valence-electron chi connectivity index (χ4n) is 2.40. The normalized spacial score (nSPS) is 25.1. The lowest BCUT2D eigenvalue weighted by Gasteiger charge is -2.14. The van der Waals surface area contributed by atoms with Crippen molar-refractivity contribution in [3.8, 4) is 0 Å². The lowest BCUT2D eigenvalue weighted by atomic mass is 9.99. The Bertz CT molecular complexity index is 402. The van der Waals surface area contributed by atoms with Crippen LogP contribution in [0.25, 0.3) is 0 Å². The van der Waals surface area contributed by atoms with Crippen molar-refractivity contribution in [3.63, 3.8) is 0 Å². The Morgan fingerprint density at radius 1 is 1.59 bits per heavy atom. The molecule has 0 bridgehead atoms. The molecule has 1 aromatic rings. The molecular weight excluding hydrogens is 218 g/mol. The maximum Gasteiger partial charge on any atom is 0.310 e. The molecule has 0 saturated carbocycles. The highest BCUT2D eigenvalue weighted by molar-refractivity contribution is 5.73. The third kappa shape index (κ3) is 2.49. The van der Waals surface area contributed by atoms with Crippen LogP contribution in [0.1, 0.15) is 12.7 Å². The van der Waals surface area contributed by atoms with E-state index in [4.69, 9.17) is 4.74 Å². The van der Waals surface area contributed by atoms with E-state index in [0.29, 0.717) is 5.92 Å². The van der Waals surface area contributed by atoms with E-state index in [-0.39, 0.29) is 11.9 Å². The van der Waals surface area contributed by atoms with E-state index in [2.05, 4.69) is 16.8 Å². The first-order chi connectivity index (χ1) is 8.11. The number of ether oxygens (including phenoxy) is 1. The summed E-state index contributed by atoms with van der Waals surface area (Å²) in [6.45, 7) is 4.58. The third-order valence-electron chi connectivity index (χ3n) is 3.48. The Kier molecular flexibility index (Phi) is 3.47. The van der Waals surface area contributed by atoms with Crippen LogP contribution < -0.4 is 0 Å². The van der Waals surface area contributed by atoms with Crippen LogP contribution in [-0.4, -0.2) is 40.6 Å². The number of hydrogen-bond acceptors (Lipinski definition) is 4. The highest BCUT2D eigenvalue weighted by atomic mass is 16.5. The van der Waals surface area contributed by atoms with Crippen LogP contribution in [0.15, 0.2) is 12.4 Å². The number of aromatic nitrogens is 2. The predicted molar refractivity (Wildman–Crippen MR) is 63.2 cm³/mol. The van der Waals surface area contributed by atoms with E-state index >= 15 is 0 Å². The second-order valence-corrected chi connectivity index (χ2v) is 4.76. The molecule has 5 heteroatoms. The molecule has 2 unspecified atom stereocenters. The van der Waals surface area contributed by atoms with Gasteiger partial charge in [0, 0.05) is 32.5 Å². The maximum atomic E-state index is 11.6. The molecule has 2 rings (SSSR count). The lowest BCUT2D eigenvalue weighted by Crippen LogP contribution is -2.25. The predicted octanol–water partition coefficient (Wildman–Crippen LogP) is 0.661. The van der Waals surface area contributed by atoms with Crippen molar-refractivity contribution in [3.05, 3.63) is 18.2 Å². The van der Waals surface area contributed by atoms with Crippen molar-refractivity contribution in [2.24, 2.45) is 18.9 Å². The average molecular weight is 237 g/mol. The van der Waals surface area contributed by atoms with Crippen LogP contribution in [0.2, 0.25) is 0 Å². The minimum absolute atomic E-state index is 0.000248. The minimum atomic E-state index is -0.0974. The molecule has 1 fully saturated rings. The molecular formula is C12H19N3O2. The summed E-state index contributed by atoms with van der Waals surface area (Å²) in [4.78, 5) is 18.1. The van der Waals surface area contributed by atoms with Crippen molar-refractivity contribution in [1.29, 1.82) is 0 Å². The van der Waals surface area contributed by atoms with E-state index < -0.39 is 0 Å². The van der Waals surface area contributed by atoms with Gasteiger partial charge in [0.2, 0.25) is 0 Å². The number of esters is 1. The first kappa shape index (κ1) is 12.1. The van der Waals surface area contributed by atoms with E-state index in [9.17, 15) is 4.79 Å². The lowest BCUT2D eigenvalue weighted by molar-refractivity contribution is -0.146. The molecule has 1 aliphatic heterocycles. The largest absolute Gasteiger partial charge is 0.469 e. The summed E-state index contributed by atoms with van der Waals surface area (Å²) >= 11 is 0. The Labute approximate surface area is 101 Å². The fraction of sp³-hybridized carbons (Fsp3) is 0.667. The molecule has 1 aliphatic rings. The molecule has 0 radical (unpaired) electrons. The second kappa shape index (κ2) is 4.87. The highest BCUT2D eigenvalue weighted by Crippen LogP contribution is 2.25. The van der Waals surface area contributed by atoms with Crippen LogP contribution in [0.3, 0.4) is 0 Å². The first-order valence-corrected chi connectivity index (χ1v) is 5.88. The summed E-state index contributed by atoms with van der Waals surface area (Å²) in [5, 5.41) is 0. The Balaban J connectivity index is 1.97. The van der Waals surface area contributed by atoms with Gasteiger partial charge in [-0.1, -0.05) is 6.92 Å². The van der Waals surface area contributed by atoms with Crippen LogP contribution in [0, 0.1) is 11.8 Å². The zero-order valence-electron chi connectivity index (χ0n) is 10.6. The van der Waals surface area contributed by atoms with E-state index in [0.717, 1.165) is 25.5 Å². The molecule has 0 aliphatic carbocycles. The number of carbonyl (C=O) groups is 1. The number of rotatable bonds is 3. The highest BCUT2D eigenvalue weighted by Gasteiger charge is 2.35. The molecule has 1 aromatic heterocycles. The molecule has 2 heterocycles. The zero-order valence-corrected chi connectivity index (χ0v) is 10.6. The van der Waals surface area contributed by atoms with Crippen molar-refractivity contribution >= 4 is 5.97 Å². The third-order valence-corrected chi connectivity index (χ3v) is 3.48. The van der Waals surface area contributed by atoms with Crippen LogP contribution in [-0.2, 0) is 23.1 Å². The number of aryl methyl sites for hydroxylation is 1. The Hall–Kier alpha value is -1.36. The van der Waals surface area contributed by atoms with Crippen molar-refractivity contribution < 1.29 is 9.53 Å². The van der Waals surface area contributed by atoms with Gasteiger partial charge in [0.1, 0.15) is 5.82 Å². The van der Waals surface area contributed by atoms with Crippen LogP contribution in [0.5, 0.6) is 0 Å². The maximum absolute atomic E-state index is 11.6. The second-order valence-electron chi connectivity index (χ2n) is 4.76. The van der Waals surface area contributed by atoms with Gasteiger partial charge in [0.05, 0.1) is 19.6 Å². The van der Waals surface area contributed by atoms with Gasteiger partial charge < -0.3 is 9.30 Å². The summed E-state index contributed by atoms with van der Waals surface area (Å²) in [5.74, 6) is 1.28. The first-order valence-electron chi connectivity index (χ1n) is 5.88. The van der Waals surface area contributed by atoms with Gasteiger partial charge in [-0.2, -0.15) is 0 Å². The SMILES string of the molecule is COC(=O)C1CN(Cc2nccn2C)CC1C. The van der Waals surface area contributed by atoms with Gasteiger partial charge in [-0.05, 0) is 5.92 Å². The number of carbonyl (C=O) groups excluding carboxylic acids is 1. The number of nitrogens with zero attached hydrogens (tertiary/aromatic N) is 3. The fourth-order valence-corrected chi connectivity index (χ4v) is 2.40. The van der Waals surface area contributed by atoms with E-state index in [1.165, 1.54) is 7.11 Å². The molecule has 0 N–H and O–H groups in total. The monoisotopic (exact) mass is 237 g/mol. The van der Waals surface area contributed by atoms with Crippen LogP contribution >= 0.6 is 0 Å². The molecule has 94 valence electrons. The van der Waals surface area contributed by atoms with Gasteiger partial charge >= 0.3 is 5.97 Å². The van der Waals surface area contributed by atoms with Gasteiger partial charge in [-0.15, -0.1) is 0 Å². The van der Waals surface area contributed by atoms with Crippen LogP contribution in [0.4, 0.5) is 0 Å². The summed E-state index contributed by atoms with van der Waals surface area (Å²) < 4.78 is 6.84. The smallest absolute Gasteiger partial charge is 0.310 e. The topological polar surface area (TPSA) is 47.4 Å². The Morgan fingerprint density at radius 3 is 2.94 bits per heavy atom. The quantitative estimate of drug-likeness (QED) is 0.725. The standard InChI is InChI=1S/C12H19N3O2/c1-9-6-15(7-10(9)12(16)17-3)8-11-13-4-5-14(11)2/h4-5,9-10H,6-8H2,1-3H3. The van der Waals surface area contributed by atoms with Gasteiger partial charge in [0.15, 0.2) is 0 Å². The van der Waals surface area contributed by atoms with Crippen molar-refractivity contribution in [1.82, 2.24) is 14.5 Å². The zero-order chi connectivity index (χ0) is 12.4. The summed E-state index contributed by atoms with van der Waals surface area (Å²) in [6.07, 6.45) is 3.74. The van der Waals surface area contributed by atoms with Gasteiger partial charge in [-0.3, -0.25) is 9.69 Å². The molecule has 1 saturated heterocycles. The Morgan fingerprint density at radius 2 is 2.35 bits per heavy atom. The number of hydrogen-bond donors (Lipinski definition) is 0. The van der Waals surface area contributed by atoms with Gasteiger partial charge in [0.25, 0.3) is 0 Å². The molecule has 2 atom stereocenters. The number of imidazole rings is 1. The van der Waals surface area contributed by atoms with E-state index in [1.54, 1.807) is 6.20 Å². The number of likely N-dealkylation sites (tertiary alicyclic amines) is 1. The molecule has 0 aromatic carbocycles. The summed E-state index contributed by atoms with van der Waals surface area (Å²) in [7, 11) is 3.44. The molecule has 0 spiro atoms.